The van der Waals surface area contributed by atoms with Gasteiger partial charge in [0, 0.05) is 31.4 Å². The quantitative estimate of drug-likeness (QED) is 0.841. The van der Waals surface area contributed by atoms with Gasteiger partial charge >= 0.3 is 0 Å². The summed E-state index contributed by atoms with van der Waals surface area (Å²) in [6, 6.07) is 7.72. The fraction of sp³-hybridized carbons (Fsp3) is 0.500. The number of benzene rings is 1. The molecule has 1 heterocycles. The van der Waals surface area contributed by atoms with E-state index in [0.717, 1.165) is 24.5 Å². The first-order valence-corrected chi connectivity index (χ1v) is 5.52. The number of rotatable bonds is 3. The number of halogens is 1. The normalized spacial score (nSPS) is 20.9. The summed E-state index contributed by atoms with van der Waals surface area (Å²) in [7, 11) is 1.64. The number of piperazine rings is 1. The Bertz CT molecular complexity index is 346. The van der Waals surface area contributed by atoms with E-state index in [1.54, 1.807) is 7.11 Å². The lowest BCUT2D eigenvalue weighted by Crippen LogP contribution is -2.52. The van der Waals surface area contributed by atoms with Crippen LogP contribution in [0.5, 0.6) is 5.75 Å². The van der Waals surface area contributed by atoms with Gasteiger partial charge in [-0.25, -0.2) is 4.39 Å². The van der Waals surface area contributed by atoms with E-state index in [0.29, 0.717) is 6.54 Å². The predicted molar refractivity (Wildman–Crippen MR) is 63.0 cm³/mol. The van der Waals surface area contributed by atoms with Crippen molar-refractivity contribution in [3.05, 3.63) is 24.3 Å². The van der Waals surface area contributed by atoms with E-state index in [-0.39, 0.29) is 12.7 Å². The van der Waals surface area contributed by atoms with E-state index in [4.69, 9.17) is 4.74 Å². The predicted octanol–water partition coefficient (Wildman–Crippen LogP) is 1.44. The average Bonchev–Trinajstić information content (AvgIpc) is 2.38. The summed E-state index contributed by atoms with van der Waals surface area (Å²) in [6.45, 7) is 2.10. The van der Waals surface area contributed by atoms with E-state index < -0.39 is 0 Å². The third-order valence-electron chi connectivity index (χ3n) is 2.91. The zero-order valence-corrected chi connectivity index (χ0v) is 9.45. The van der Waals surface area contributed by atoms with Gasteiger partial charge in [0.15, 0.2) is 0 Å². The minimum Gasteiger partial charge on any atom is -0.497 e. The minimum atomic E-state index is -0.329. The van der Waals surface area contributed by atoms with Crippen molar-refractivity contribution in [2.75, 3.05) is 38.3 Å². The van der Waals surface area contributed by atoms with Crippen molar-refractivity contribution in [1.82, 2.24) is 5.32 Å². The Labute approximate surface area is 95.2 Å². The molecule has 0 spiro atoms. The summed E-state index contributed by atoms with van der Waals surface area (Å²) in [4.78, 5) is 2.10. The molecule has 1 aromatic rings. The Balaban J connectivity index is 2.20. The van der Waals surface area contributed by atoms with Gasteiger partial charge in [-0.2, -0.15) is 0 Å². The van der Waals surface area contributed by atoms with Crippen LogP contribution in [0.3, 0.4) is 0 Å². The van der Waals surface area contributed by atoms with Crippen LogP contribution >= 0.6 is 0 Å². The van der Waals surface area contributed by atoms with Gasteiger partial charge in [0.2, 0.25) is 0 Å². The third kappa shape index (κ3) is 2.27. The van der Waals surface area contributed by atoms with Crippen LogP contribution in [0.4, 0.5) is 10.1 Å². The van der Waals surface area contributed by atoms with Gasteiger partial charge in [-0.15, -0.1) is 0 Å². The lowest BCUT2D eigenvalue weighted by molar-refractivity contribution is 0.369. The van der Waals surface area contributed by atoms with Gasteiger partial charge in [-0.3, -0.25) is 0 Å². The molecule has 1 fully saturated rings. The van der Waals surface area contributed by atoms with Crippen molar-refractivity contribution in [2.45, 2.75) is 6.04 Å². The summed E-state index contributed by atoms with van der Waals surface area (Å²) >= 11 is 0. The fourth-order valence-electron chi connectivity index (χ4n) is 2.03. The zero-order valence-electron chi connectivity index (χ0n) is 9.45. The largest absolute Gasteiger partial charge is 0.497 e. The summed E-state index contributed by atoms with van der Waals surface area (Å²) in [5.41, 5.74) is 1.03. The van der Waals surface area contributed by atoms with Crippen molar-refractivity contribution < 1.29 is 9.13 Å². The Morgan fingerprint density at radius 2 is 2.44 bits per heavy atom. The number of methoxy groups -OCH3 is 1. The first-order chi connectivity index (χ1) is 7.85. The van der Waals surface area contributed by atoms with Crippen LogP contribution in [0, 0.1) is 0 Å². The molecule has 4 heteroatoms. The molecule has 1 atom stereocenters. The number of ether oxygens (including phenoxy) is 1. The van der Waals surface area contributed by atoms with E-state index in [2.05, 4.69) is 10.2 Å². The van der Waals surface area contributed by atoms with Gasteiger partial charge in [0.05, 0.1) is 13.2 Å². The molecule has 0 aromatic heterocycles. The van der Waals surface area contributed by atoms with Crippen molar-refractivity contribution in [2.24, 2.45) is 0 Å². The second kappa shape index (κ2) is 5.16. The van der Waals surface area contributed by atoms with Gasteiger partial charge < -0.3 is 15.0 Å². The van der Waals surface area contributed by atoms with Crippen molar-refractivity contribution in [3.8, 4) is 5.75 Å². The number of anilines is 1. The Morgan fingerprint density at radius 1 is 1.56 bits per heavy atom. The zero-order chi connectivity index (χ0) is 11.4. The van der Waals surface area contributed by atoms with E-state index >= 15 is 0 Å². The molecule has 1 aromatic carbocycles. The smallest absolute Gasteiger partial charge is 0.120 e. The van der Waals surface area contributed by atoms with Gasteiger partial charge in [0.25, 0.3) is 0 Å². The van der Waals surface area contributed by atoms with Crippen molar-refractivity contribution in [1.29, 1.82) is 0 Å². The molecule has 1 aliphatic heterocycles. The molecule has 2 rings (SSSR count). The maximum Gasteiger partial charge on any atom is 0.120 e. The monoisotopic (exact) mass is 224 g/mol. The van der Waals surface area contributed by atoms with Gasteiger partial charge in [0.1, 0.15) is 12.4 Å². The van der Waals surface area contributed by atoms with E-state index in [9.17, 15) is 4.39 Å². The first kappa shape index (κ1) is 11.2. The molecule has 1 N–H and O–H groups in total. The summed E-state index contributed by atoms with van der Waals surface area (Å²) in [5, 5.41) is 3.20. The number of alkyl halides is 1. The number of nitrogens with one attached hydrogen (secondary N) is 1. The molecule has 3 nitrogen and oxygen atoms in total. The number of nitrogens with zero attached hydrogens (tertiary/aromatic N) is 1. The van der Waals surface area contributed by atoms with Crippen LogP contribution in [0.15, 0.2) is 24.3 Å². The molecule has 0 amide bonds. The van der Waals surface area contributed by atoms with Crippen LogP contribution in [0.25, 0.3) is 0 Å². The molecule has 0 aliphatic carbocycles. The summed E-state index contributed by atoms with van der Waals surface area (Å²) in [5.74, 6) is 0.814. The Morgan fingerprint density at radius 3 is 3.19 bits per heavy atom. The third-order valence-corrected chi connectivity index (χ3v) is 2.91. The van der Waals surface area contributed by atoms with Crippen molar-refractivity contribution >= 4 is 5.69 Å². The topological polar surface area (TPSA) is 24.5 Å². The highest BCUT2D eigenvalue weighted by Gasteiger charge is 2.22. The Kier molecular flexibility index (Phi) is 3.62. The molecular formula is C12H17FN2O. The number of hydrogen-bond acceptors (Lipinski definition) is 3. The van der Waals surface area contributed by atoms with Crippen molar-refractivity contribution in [3.63, 3.8) is 0 Å². The lowest BCUT2D eigenvalue weighted by atomic mass is 10.1. The standard InChI is InChI=1S/C12H17FN2O/c1-16-12-4-2-3-10(7-12)15-6-5-14-9-11(15)8-13/h2-4,7,11,14H,5-6,8-9H2,1H3/t11-/m1/s1. The molecule has 1 aliphatic rings. The van der Waals surface area contributed by atoms with Crippen LogP contribution in [-0.2, 0) is 0 Å². The second-order valence-electron chi connectivity index (χ2n) is 3.91. The van der Waals surface area contributed by atoms with Gasteiger partial charge in [-0.05, 0) is 12.1 Å². The second-order valence-corrected chi connectivity index (χ2v) is 3.91. The maximum atomic E-state index is 12.9. The van der Waals surface area contributed by atoms with Crippen LogP contribution < -0.4 is 15.0 Å². The highest BCUT2D eigenvalue weighted by Crippen LogP contribution is 2.23. The van der Waals surface area contributed by atoms with E-state index in [1.807, 2.05) is 24.3 Å². The highest BCUT2D eigenvalue weighted by atomic mass is 19.1. The number of hydrogen-bond donors (Lipinski definition) is 1. The highest BCUT2D eigenvalue weighted by molar-refractivity contribution is 5.52. The van der Waals surface area contributed by atoms with Gasteiger partial charge in [-0.1, -0.05) is 6.07 Å². The SMILES string of the molecule is COc1cccc(N2CCNC[C@H]2CF)c1. The van der Waals surface area contributed by atoms with Crippen LogP contribution in [0.2, 0.25) is 0 Å². The average molecular weight is 224 g/mol. The molecule has 0 bridgehead atoms. The maximum absolute atomic E-state index is 12.9. The minimum absolute atomic E-state index is 0.0687. The first-order valence-electron chi connectivity index (χ1n) is 5.52. The summed E-state index contributed by atoms with van der Waals surface area (Å²) in [6.07, 6.45) is 0. The molecule has 1 saturated heterocycles. The summed E-state index contributed by atoms with van der Waals surface area (Å²) < 4.78 is 18.1. The Hall–Kier alpha value is -1.29. The lowest BCUT2D eigenvalue weighted by Gasteiger charge is -2.36. The van der Waals surface area contributed by atoms with Crippen LogP contribution in [-0.4, -0.2) is 39.5 Å². The molecule has 0 saturated carbocycles. The molecule has 88 valence electrons. The molecule has 0 unspecified atom stereocenters. The molecule has 16 heavy (non-hydrogen) atoms. The molecular weight excluding hydrogens is 207 g/mol. The van der Waals surface area contributed by atoms with Crippen LogP contribution in [0.1, 0.15) is 0 Å². The fourth-order valence-corrected chi connectivity index (χ4v) is 2.03. The molecule has 0 radical (unpaired) electrons. The van der Waals surface area contributed by atoms with E-state index in [1.165, 1.54) is 0 Å².